The molecule has 0 aromatic heterocycles. The van der Waals surface area contributed by atoms with Gasteiger partial charge >= 0.3 is 7.60 Å². The Morgan fingerprint density at radius 2 is 1.69 bits per heavy atom. The predicted molar refractivity (Wildman–Crippen MR) is 112 cm³/mol. The summed E-state index contributed by atoms with van der Waals surface area (Å²) in [4.78, 5) is 12.8. The third-order valence-electron chi connectivity index (χ3n) is 3.67. The van der Waals surface area contributed by atoms with Gasteiger partial charge in [-0.3, -0.25) is 9.36 Å². The lowest BCUT2D eigenvalue weighted by atomic mass is 10.0. The van der Waals surface area contributed by atoms with Crippen LogP contribution in [0.25, 0.3) is 0 Å². The molecule has 0 amide bonds. The number of nitrogens with zero attached hydrogens (tertiary/aromatic N) is 1. The van der Waals surface area contributed by atoms with Crippen LogP contribution in [-0.2, 0) is 13.6 Å². The van der Waals surface area contributed by atoms with Crippen LogP contribution in [0, 0.1) is 0 Å². The number of carbonyl (C=O) groups is 1. The topological polar surface area (TPSA) is 94.4 Å². The van der Waals surface area contributed by atoms with Crippen LogP contribution in [-0.4, -0.2) is 36.3 Å². The minimum absolute atomic E-state index is 0.0601. The maximum atomic E-state index is 13.1. The van der Waals surface area contributed by atoms with Gasteiger partial charge in [0.25, 0.3) is 0 Å². The highest BCUT2D eigenvalue weighted by atomic mass is 35.5. The molecule has 10 heteroatoms. The zero-order valence-electron chi connectivity index (χ0n) is 15.8. The van der Waals surface area contributed by atoms with E-state index in [-0.39, 0.29) is 47.2 Å². The van der Waals surface area contributed by atoms with Gasteiger partial charge in [-0.1, -0.05) is 52.6 Å². The summed E-state index contributed by atoms with van der Waals surface area (Å²) in [6.07, 6.45) is 0. The summed E-state index contributed by atoms with van der Waals surface area (Å²) in [6.45, 7) is 3.02. The molecule has 2 aromatic rings. The van der Waals surface area contributed by atoms with Crippen molar-refractivity contribution in [1.29, 1.82) is 0 Å². The highest BCUT2D eigenvalue weighted by Crippen LogP contribution is 2.52. The molecule has 0 aliphatic carbocycles. The summed E-state index contributed by atoms with van der Waals surface area (Å²) in [5.41, 5.74) is -0.101. The number of carbonyl (C=O) groups excluding carboxylic acids is 1. The minimum atomic E-state index is -3.94. The fourth-order valence-electron chi connectivity index (χ4n) is 2.49. The standard InChI is InChI=1S/C19H20Cl2NO6P/c1-3-27-29(25,28-4-2)19(22-24)15-8-6-5-7-14(15)17(23)12-26-18-10-9-13(20)11-16(18)21/h5-11,24H,3-4,12H2,1-2H3. The third kappa shape index (κ3) is 5.81. The number of ketones is 1. The number of hydrogen-bond donors (Lipinski definition) is 1. The van der Waals surface area contributed by atoms with E-state index in [9.17, 15) is 14.6 Å². The Morgan fingerprint density at radius 1 is 1.07 bits per heavy atom. The fraction of sp³-hybridized carbons (Fsp3) is 0.263. The van der Waals surface area contributed by atoms with Gasteiger partial charge in [0.1, 0.15) is 5.75 Å². The zero-order valence-corrected chi connectivity index (χ0v) is 18.2. The van der Waals surface area contributed by atoms with Crippen molar-refractivity contribution in [2.24, 2.45) is 5.16 Å². The monoisotopic (exact) mass is 459 g/mol. The first-order valence-electron chi connectivity index (χ1n) is 8.68. The van der Waals surface area contributed by atoms with Gasteiger partial charge in [-0.15, -0.1) is 0 Å². The number of benzene rings is 2. The molecule has 0 bridgehead atoms. The average Bonchev–Trinajstić information content (AvgIpc) is 2.68. The molecule has 7 nitrogen and oxygen atoms in total. The maximum absolute atomic E-state index is 13.1. The van der Waals surface area contributed by atoms with Crippen LogP contribution in [0.1, 0.15) is 29.8 Å². The molecule has 156 valence electrons. The lowest BCUT2D eigenvalue weighted by molar-refractivity contribution is 0.0921. The number of ether oxygens (including phenoxy) is 1. The van der Waals surface area contributed by atoms with Gasteiger partial charge in [-0.2, -0.15) is 0 Å². The Hall–Kier alpha value is -1.89. The number of hydrogen-bond acceptors (Lipinski definition) is 7. The molecule has 0 aliphatic heterocycles. The number of oxime groups is 1. The number of rotatable bonds is 10. The van der Waals surface area contributed by atoms with E-state index in [4.69, 9.17) is 37.0 Å². The first kappa shape index (κ1) is 23.4. The molecule has 2 rings (SSSR count). The van der Waals surface area contributed by atoms with Crippen LogP contribution in [0.3, 0.4) is 0 Å². The van der Waals surface area contributed by atoms with E-state index in [1.54, 1.807) is 38.1 Å². The number of halogens is 2. The lowest BCUT2D eigenvalue weighted by Crippen LogP contribution is -2.18. The highest BCUT2D eigenvalue weighted by Gasteiger charge is 2.35. The van der Waals surface area contributed by atoms with Crippen molar-refractivity contribution >= 4 is 42.0 Å². The molecule has 0 radical (unpaired) electrons. The van der Waals surface area contributed by atoms with E-state index >= 15 is 0 Å². The summed E-state index contributed by atoms with van der Waals surface area (Å²) < 4.78 is 29.0. The second kappa shape index (κ2) is 10.8. The van der Waals surface area contributed by atoms with E-state index in [1.165, 1.54) is 18.2 Å². The van der Waals surface area contributed by atoms with E-state index in [2.05, 4.69) is 5.16 Å². The Kier molecular flexibility index (Phi) is 8.68. The van der Waals surface area contributed by atoms with Crippen LogP contribution in [0.5, 0.6) is 5.75 Å². The normalized spacial score (nSPS) is 12.1. The second-order valence-corrected chi connectivity index (χ2v) is 8.37. The van der Waals surface area contributed by atoms with Crippen LogP contribution < -0.4 is 4.74 Å². The van der Waals surface area contributed by atoms with Crippen LogP contribution >= 0.6 is 30.8 Å². The van der Waals surface area contributed by atoms with Crippen molar-refractivity contribution in [2.75, 3.05) is 19.8 Å². The first-order chi connectivity index (χ1) is 13.9. The average molecular weight is 460 g/mol. The second-order valence-electron chi connectivity index (χ2n) is 5.59. The Labute approximate surface area is 178 Å². The summed E-state index contributed by atoms with van der Waals surface area (Å²) in [7, 11) is -3.94. The van der Waals surface area contributed by atoms with Crippen LogP contribution in [0.15, 0.2) is 47.6 Å². The van der Waals surface area contributed by atoms with Crippen molar-refractivity contribution in [1.82, 2.24) is 0 Å². The van der Waals surface area contributed by atoms with E-state index in [0.29, 0.717) is 5.02 Å². The molecular weight excluding hydrogens is 440 g/mol. The van der Waals surface area contributed by atoms with Crippen LogP contribution in [0.4, 0.5) is 0 Å². The molecule has 0 aliphatic rings. The lowest BCUT2D eigenvalue weighted by Gasteiger charge is -2.19. The zero-order chi connectivity index (χ0) is 21.4. The largest absolute Gasteiger partial charge is 0.484 e. The van der Waals surface area contributed by atoms with Gasteiger partial charge in [0.2, 0.25) is 5.78 Å². The third-order valence-corrected chi connectivity index (χ3v) is 6.25. The Morgan fingerprint density at radius 3 is 2.24 bits per heavy atom. The summed E-state index contributed by atoms with van der Waals surface area (Å²) in [5.74, 6) is -0.167. The summed E-state index contributed by atoms with van der Waals surface area (Å²) >= 11 is 11.9. The molecule has 1 N–H and O–H groups in total. The predicted octanol–water partition coefficient (Wildman–Crippen LogP) is 5.66. The molecule has 0 saturated carbocycles. The van der Waals surface area contributed by atoms with Gasteiger partial charge in [0.05, 0.1) is 18.2 Å². The Balaban J connectivity index is 2.33. The Bertz CT molecular complexity index is 940. The van der Waals surface area contributed by atoms with Gasteiger partial charge in [-0.25, -0.2) is 0 Å². The molecule has 2 aromatic carbocycles. The first-order valence-corrected chi connectivity index (χ1v) is 11.0. The number of Topliss-reactive ketones (excluding diaryl/α,β-unsaturated/α-hetero) is 1. The highest BCUT2D eigenvalue weighted by molar-refractivity contribution is 7.73. The minimum Gasteiger partial charge on any atom is -0.484 e. The van der Waals surface area contributed by atoms with E-state index in [0.717, 1.165) is 0 Å². The van der Waals surface area contributed by atoms with E-state index in [1.807, 2.05) is 0 Å². The van der Waals surface area contributed by atoms with Gasteiger partial charge in [0, 0.05) is 16.1 Å². The van der Waals surface area contributed by atoms with Crippen LogP contribution in [0.2, 0.25) is 10.0 Å². The summed E-state index contributed by atoms with van der Waals surface area (Å²) in [6, 6.07) is 10.8. The van der Waals surface area contributed by atoms with E-state index < -0.39 is 13.4 Å². The van der Waals surface area contributed by atoms with Gasteiger partial charge < -0.3 is 19.0 Å². The van der Waals surface area contributed by atoms with Gasteiger partial charge in [-0.05, 0) is 32.0 Å². The molecule has 29 heavy (non-hydrogen) atoms. The molecule has 0 heterocycles. The molecule has 0 spiro atoms. The quantitative estimate of drug-likeness (QED) is 0.162. The van der Waals surface area contributed by atoms with Crippen molar-refractivity contribution in [3.05, 3.63) is 63.6 Å². The SMILES string of the molecule is CCOP(=O)(OCC)C(=NO)c1ccccc1C(=O)COc1ccc(Cl)cc1Cl. The molecule has 0 saturated heterocycles. The molecule has 0 atom stereocenters. The van der Waals surface area contributed by atoms with Gasteiger partial charge in [0.15, 0.2) is 12.1 Å². The molecular formula is C19H20Cl2NO6P. The fourth-order valence-corrected chi connectivity index (χ4v) is 4.55. The molecule has 0 unspecified atom stereocenters. The maximum Gasteiger partial charge on any atom is 0.383 e. The van der Waals surface area contributed by atoms with Crippen molar-refractivity contribution in [3.8, 4) is 5.75 Å². The molecule has 0 fully saturated rings. The van der Waals surface area contributed by atoms with Crippen molar-refractivity contribution in [3.63, 3.8) is 0 Å². The summed E-state index contributed by atoms with van der Waals surface area (Å²) in [5, 5.41) is 13.3. The van der Waals surface area contributed by atoms with Crippen molar-refractivity contribution in [2.45, 2.75) is 13.8 Å². The van der Waals surface area contributed by atoms with Crippen molar-refractivity contribution < 1.29 is 28.4 Å². The smallest absolute Gasteiger partial charge is 0.383 e.